The normalized spacial score (nSPS) is 17.0. The van der Waals surface area contributed by atoms with Crippen molar-refractivity contribution in [1.29, 1.82) is 0 Å². The van der Waals surface area contributed by atoms with Gasteiger partial charge in [0.25, 0.3) is 0 Å². The Morgan fingerprint density at radius 1 is 0.756 bits per heavy atom. The molecule has 2 aliphatic rings. The summed E-state index contributed by atoms with van der Waals surface area (Å²) in [5.41, 5.74) is 10.6. The lowest BCUT2D eigenvalue weighted by atomic mass is 9.97. The van der Waals surface area contributed by atoms with Crippen molar-refractivity contribution in [3.63, 3.8) is 0 Å². The fraction of sp³-hybridized carbons (Fsp3) is 0.767. The van der Waals surface area contributed by atoms with E-state index in [1.165, 1.54) is 0 Å². The van der Waals surface area contributed by atoms with Gasteiger partial charge >= 0.3 is 11.9 Å². The van der Waals surface area contributed by atoms with Crippen molar-refractivity contribution < 1.29 is 28.7 Å². The van der Waals surface area contributed by atoms with Crippen molar-refractivity contribution in [3.8, 4) is 0 Å². The van der Waals surface area contributed by atoms with Crippen LogP contribution in [0.15, 0.2) is 17.1 Å². The van der Waals surface area contributed by atoms with Gasteiger partial charge in [0, 0.05) is 31.7 Å². The van der Waals surface area contributed by atoms with E-state index in [1.54, 1.807) is 0 Å². The van der Waals surface area contributed by atoms with E-state index < -0.39 is 17.9 Å². The second kappa shape index (κ2) is 20.7. The summed E-state index contributed by atoms with van der Waals surface area (Å²) >= 11 is 0. The number of hydrogen-bond acceptors (Lipinski definition) is 7. The fourth-order valence-corrected chi connectivity index (χ4v) is 5.16. The fourth-order valence-electron chi connectivity index (χ4n) is 5.16. The average molecular weight is 578 g/mol. The molecule has 2 aliphatic carbocycles. The third kappa shape index (κ3) is 16.7. The first-order valence-corrected chi connectivity index (χ1v) is 15.5. The number of guanidine groups is 1. The van der Waals surface area contributed by atoms with Gasteiger partial charge in [0.2, 0.25) is 11.8 Å². The van der Waals surface area contributed by atoms with Crippen molar-refractivity contribution in [1.82, 2.24) is 10.6 Å². The van der Waals surface area contributed by atoms with E-state index >= 15 is 0 Å². The molecule has 0 aliphatic heterocycles. The molecule has 0 bridgehead atoms. The molecule has 0 heterocycles. The number of carbonyl (C=O) groups excluding carboxylic acids is 4. The summed E-state index contributed by atoms with van der Waals surface area (Å²) in [5.74, 6) is -1.77. The molecule has 6 N–H and O–H groups in total. The molecule has 0 unspecified atom stereocenters. The standard InChI is InChI=1S/C30H51N5O6/c31-30(32)34-22-12-4-2-1-3-11-21-33-26(36)18-19-27(37)35-25(29(39)41-24-15-9-6-10-16-24)17-20-28(38)40-23-13-7-5-8-14-23/h18-19,23-25H,1-17,20-22H2,(H,33,36)(H,35,37)(H4,31,32,34)/b19-18+/t25-/m0/s1. The zero-order chi connectivity index (χ0) is 29.7. The molecule has 2 amide bonds. The van der Waals surface area contributed by atoms with Gasteiger partial charge in [-0.1, -0.05) is 38.5 Å². The van der Waals surface area contributed by atoms with Crippen LogP contribution >= 0.6 is 0 Å². The lowest BCUT2D eigenvalue weighted by molar-refractivity contribution is -0.155. The topological polar surface area (TPSA) is 175 Å². The van der Waals surface area contributed by atoms with Gasteiger partial charge in [-0.25, -0.2) is 4.79 Å². The number of nitrogens with zero attached hydrogens (tertiary/aromatic N) is 1. The van der Waals surface area contributed by atoms with E-state index in [2.05, 4.69) is 15.6 Å². The molecule has 0 aromatic carbocycles. The molecule has 232 valence electrons. The van der Waals surface area contributed by atoms with Gasteiger partial charge in [0.15, 0.2) is 5.96 Å². The Bertz CT molecular complexity index is 861. The molecule has 0 aromatic heterocycles. The zero-order valence-electron chi connectivity index (χ0n) is 24.6. The summed E-state index contributed by atoms with van der Waals surface area (Å²) in [5, 5.41) is 5.39. The number of amides is 2. The SMILES string of the molecule is NC(N)=NCCCCCCCCNC(=O)/C=C/C(=O)N[C@@H](CCC(=O)OC1CCCCC1)C(=O)OC1CCCCC1. The summed E-state index contributed by atoms with van der Waals surface area (Å²) < 4.78 is 11.2. The second-order valence-corrected chi connectivity index (χ2v) is 11.1. The van der Waals surface area contributed by atoms with E-state index in [4.69, 9.17) is 20.9 Å². The molecular formula is C30H51N5O6. The number of rotatable bonds is 18. The minimum atomic E-state index is -0.990. The highest BCUT2D eigenvalue weighted by molar-refractivity contribution is 5.98. The molecule has 2 fully saturated rings. The van der Waals surface area contributed by atoms with Crippen LogP contribution in [0.25, 0.3) is 0 Å². The van der Waals surface area contributed by atoms with Crippen LogP contribution in [0.2, 0.25) is 0 Å². The Hall–Kier alpha value is -3.11. The molecule has 41 heavy (non-hydrogen) atoms. The number of nitrogens with one attached hydrogen (secondary N) is 2. The number of esters is 2. The Labute approximate surface area is 244 Å². The van der Waals surface area contributed by atoms with Gasteiger partial charge in [0.05, 0.1) is 0 Å². The molecule has 11 nitrogen and oxygen atoms in total. The molecule has 11 heteroatoms. The van der Waals surface area contributed by atoms with Gasteiger partial charge in [-0.15, -0.1) is 0 Å². The first-order chi connectivity index (χ1) is 19.8. The molecular weight excluding hydrogens is 526 g/mol. The van der Waals surface area contributed by atoms with Crippen LogP contribution in [-0.2, 0) is 28.7 Å². The third-order valence-electron chi connectivity index (χ3n) is 7.49. The number of hydrogen-bond donors (Lipinski definition) is 4. The van der Waals surface area contributed by atoms with Crippen molar-refractivity contribution in [2.24, 2.45) is 16.5 Å². The van der Waals surface area contributed by atoms with E-state index in [1.807, 2.05) is 0 Å². The predicted octanol–water partition coefficient (Wildman–Crippen LogP) is 3.29. The number of aliphatic imine (C=N–C) groups is 1. The molecule has 0 aromatic rings. The molecule has 0 spiro atoms. The summed E-state index contributed by atoms with van der Waals surface area (Å²) in [6.45, 7) is 1.16. The number of nitrogens with two attached hydrogens (primary N) is 2. The first kappa shape index (κ1) is 34.1. The monoisotopic (exact) mass is 577 g/mol. The smallest absolute Gasteiger partial charge is 0.328 e. The Balaban J connectivity index is 1.71. The van der Waals surface area contributed by atoms with Crippen molar-refractivity contribution in [2.45, 2.75) is 134 Å². The first-order valence-electron chi connectivity index (χ1n) is 15.5. The molecule has 0 radical (unpaired) electrons. The van der Waals surface area contributed by atoms with Gasteiger partial charge in [0.1, 0.15) is 18.2 Å². The van der Waals surface area contributed by atoms with Crippen molar-refractivity contribution in [3.05, 3.63) is 12.2 Å². The second-order valence-electron chi connectivity index (χ2n) is 11.1. The maximum Gasteiger partial charge on any atom is 0.328 e. The Morgan fingerprint density at radius 3 is 1.95 bits per heavy atom. The van der Waals surface area contributed by atoms with Crippen LogP contribution in [-0.4, -0.2) is 61.1 Å². The predicted molar refractivity (Wildman–Crippen MR) is 158 cm³/mol. The maximum absolute atomic E-state index is 12.9. The van der Waals surface area contributed by atoms with Crippen LogP contribution in [0, 0.1) is 0 Å². The van der Waals surface area contributed by atoms with E-state index in [0.717, 1.165) is 115 Å². The van der Waals surface area contributed by atoms with Gasteiger partial charge in [-0.3, -0.25) is 19.4 Å². The van der Waals surface area contributed by atoms with Crippen molar-refractivity contribution in [2.75, 3.05) is 13.1 Å². The van der Waals surface area contributed by atoms with Crippen LogP contribution in [0.5, 0.6) is 0 Å². The minimum Gasteiger partial charge on any atom is -0.462 e. The van der Waals surface area contributed by atoms with Crippen LogP contribution < -0.4 is 22.1 Å². The number of carbonyl (C=O) groups is 4. The van der Waals surface area contributed by atoms with Gasteiger partial charge < -0.3 is 31.6 Å². The zero-order valence-corrected chi connectivity index (χ0v) is 24.6. The largest absolute Gasteiger partial charge is 0.462 e. The molecule has 0 saturated heterocycles. The third-order valence-corrected chi connectivity index (χ3v) is 7.49. The minimum absolute atomic E-state index is 0.00167. The lowest BCUT2D eigenvalue weighted by Gasteiger charge is -2.25. The highest BCUT2D eigenvalue weighted by Gasteiger charge is 2.27. The van der Waals surface area contributed by atoms with Gasteiger partial charge in [-0.2, -0.15) is 0 Å². The van der Waals surface area contributed by atoms with E-state index in [0.29, 0.717) is 13.1 Å². The molecule has 1 atom stereocenters. The van der Waals surface area contributed by atoms with Crippen molar-refractivity contribution >= 4 is 29.7 Å². The molecule has 2 saturated carbocycles. The van der Waals surface area contributed by atoms with E-state index in [9.17, 15) is 19.2 Å². The quantitative estimate of drug-likeness (QED) is 0.0631. The summed E-state index contributed by atoms with van der Waals surface area (Å²) in [6, 6.07) is -0.990. The van der Waals surface area contributed by atoms with Crippen LogP contribution in [0.1, 0.15) is 116 Å². The van der Waals surface area contributed by atoms with Crippen LogP contribution in [0.4, 0.5) is 0 Å². The maximum atomic E-state index is 12.9. The number of unbranched alkanes of at least 4 members (excludes halogenated alkanes) is 5. The highest BCUT2D eigenvalue weighted by Crippen LogP contribution is 2.22. The number of ether oxygens (including phenoxy) is 2. The average Bonchev–Trinajstić information content (AvgIpc) is 2.96. The highest BCUT2D eigenvalue weighted by atomic mass is 16.5. The summed E-state index contributed by atoms with van der Waals surface area (Å²) in [6.07, 6.45) is 17.8. The summed E-state index contributed by atoms with van der Waals surface area (Å²) in [4.78, 5) is 54.0. The summed E-state index contributed by atoms with van der Waals surface area (Å²) in [7, 11) is 0. The Morgan fingerprint density at radius 2 is 1.32 bits per heavy atom. The lowest BCUT2D eigenvalue weighted by Crippen LogP contribution is -2.43. The molecule has 2 rings (SSSR count). The Kier molecular flexibility index (Phi) is 17.2. The van der Waals surface area contributed by atoms with E-state index in [-0.39, 0.29) is 42.9 Å². The van der Waals surface area contributed by atoms with Gasteiger partial charge in [-0.05, 0) is 70.6 Å². The van der Waals surface area contributed by atoms with Crippen LogP contribution in [0.3, 0.4) is 0 Å².